The van der Waals surface area contributed by atoms with Gasteiger partial charge in [-0.2, -0.15) is 0 Å². The van der Waals surface area contributed by atoms with E-state index in [-0.39, 0.29) is 18.2 Å². The van der Waals surface area contributed by atoms with Gasteiger partial charge in [0.25, 0.3) is 0 Å². The van der Waals surface area contributed by atoms with Crippen LogP contribution in [-0.4, -0.2) is 29.1 Å². The summed E-state index contributed by atoms with van der Waals surface area (Å²) in [7, 11) is 0. The highest BCUT2D eigenvalue weighted by molar-refractivity contribution is 5.81. The average molecular weight is 293 g/mol. The number of amides is 1. The fourth-order valence-corrected chi connectivity index (χ4v) is 1.81. The monoisotopic (exact) mass is 293 g/mol. The third kappa shape index (κ3) is 6.40. The maximum absolute atomic E-state index is 12.0. The summed E-state index contributed by atoms with van der Waals surface area (Å²) in [6, 6.07) is 9.19. The Balaban J connectivity index is 2.47. The predicted octanol–water partition coefficient (Wildman–Crippen LogP) is 2.21. The zero-order valence-corrected chi connectivity index (χ0v) is 12.7. The second-order valence-electron chi connectivity index (χ2n) is 5.40. The van der Waals surface area contributed by atoms with Crippen LogP contribution in [0.15, 0.2) is 30.3 Å². The molecule has 1 aromatic rings. The van der Waals surface area contributed by atoms with Crippen LogP contribution in [0.2, 0.25) is 0 Å². The van der Waals surface area contributed by atoms with Crippen LogP contribution in [0.5, 0.6) is 0 Å². The number of carboxylic acid groups (broad SMARTS) is 1. The van der Waals surface area contributed by atoms with E-state index in [2.05, 4.69) is 5.32 Å². The molecule has 5 nitrogen and oxygen atoms in total. The lowest BCUT2D eigenvalue weighted by molar-refractivity contribution is -0.139. The van der Waals surface area contributed by atoms with Crippen molar-refractivity contribution in [1.29, 1.82) is 0 Å². The summed E-state index contributed by atoms with van der Waals surface area (Å²) in [5.41, 5.74) is 0.989. The van der Waals surface area contributed by atoms with Gasteiger partial charge in [-0.25, -0.2) is 0 Å². The highest BCUT2D eigenvalue weighted by Crippen LogP contribution is 2.08. The van der Waals surface area contributed by atoms with Crippen LogP contribution in [-0.2, 0) is 20.9 Å². The molecule has 0 spiro atoms. The number of hydrogen-bond acceptors (Lipinski definition) is 3. The van der Waals surface area contributed by atoms with Gasteiger partial charge in [0, 0.05) is 6.04 Å². The van der Waals surface area contributed by atoms with Crippen molar-refractivity contribution in [3.05, 3.63) is 35.9 Å². The molecule has 0 saturated carbocycles. The number of aliphatic carboxylic acids is 1. The summed E-state index contributed by atoms with van der Waals surface area (Å²) in [6.07, 6.45) is -0.713. The molecular formula is C16H23NO4. The first kappa shape index (κ1) is 17.2. The zero-order valence-electron chi connectivity index (χ0n) is 12.7. The molecule has 2 atom stereocenters. The van der Waals surface area contributed by atoms with Crippen molar-refractivity contribution in [3.8, 4) is 0 Å². The first-order valence-corrected chi connectivity index (χ1v) is 7.08. The molecule has 1 amide bonds. The summed E-state index contributed by atoms with van der Waals surface area (Å²) in [5, 5.41) is 11.6. The van der Waals surface area contributed by atoms with Gasteiger partial charge in [-0.15, -0.1) is 0 Å². The normalized spacial score (nSPS) is 13.7. The van der Waals surface area contributed by atoms with Crippen LogP contribution in [0.3, 0.4) is 0 Å². The molecule has 0 aliphatic carbocycles. The molecule has 0 fully saturated rings. The Hall–Kier alpha value is -1.88. The largest absolute Gasteiger partial charge is 0.481 e. The van der Waals surface area contributed by atoms with Gasteiger partial charge in [0.15, 0.2) is 0 Å². The molecule has 2 N–H and O–H groups in total. The Morgan fingerprint density at radius 3 is 2.33 bits per heavy atom. The zero-order chi connectivity index (χ0) is 15.8. The SMILES string of the molecule is CC(OCc1ccccc1)C(=O)NC(CC(=O)O)C(C)C. The number of rotatable bonds is 8. The lowest BCUT2D eigenvalue weighted by Crippen LogP contribution is -2.44. The van der Waals surface area contributed by atoms with E-state index in [9.17, 15) is 9.59 Å². The summed E-state index contributed by atoms with van der Waals surface area (Å²) in [5.74, 6) is -1.16. The van der Waals surface area contributed by atoms with Crippen molar-refractivity contribution >= 4 is 11.9 Å². The van der Waals surface area contributed by atoms with E-state index in [1.165, 1.54) is 0 Å². The Labute approximate surface area is 125 Å². The molecule has 0 heterocycles. The summed E-state index contributed by atoms with van der Waals surface area (Å²) >= 11 is 0. The fourth-order valence-electron chi connectivity index (χ4n) is 1.81. The minimum atomic E-state index is -0.924. The minimum Gasteiger partial charge on any atom is -0.481 e. The predicted molar refractivity (Wildman–Crippen MR) is 79.7 cm³/mol. The number of carboxylic acids is 1. The van der Waals surface area contributed by atoms with E-state index in [0.29, 0.717) is 6.61 Å². The van der Waals surface area contributed by atoms with Gasteiger partial charge in [0.2, 0.25) is 5.91 Å². The van der Waals surface area contributed by atoms with Crippen molar-refractivity contribution in [2.24, 2.45) is 5.92 Å². The molecule has 0 radical (unpaired) electrons. The molecule has 5 heteroatoms. The second kappa shape index (κ2) is 8.42. The maximum atomic E-state index is 12.0. The van der Waals surface area contributed by atoms with E-state index >= 15 is 0 Å². The molecule has 21 heavy (non-hydrogen) atoms. The van der Waals surface area contributed by atoms with Crippen LogP contribution in [0.4, 0.5) is 0 Å². The van der Waals surface area contributed by atoms with Crippen molar-refractivity contribution in [2.45, 2.75) is 45.9 Å². The number of carbonyl (C=O) groups excluding carboxylic acids is 1. The van der Waals surface area contributed by atoms with Gasteiger partial charge >= 0.3 is 5.97 Å². The van der Waals surface area contributed by atoms with Crippen molar-refractivity contribution in [3.63, 3.8) is 0 Å². The third-order valence-corrected chi connectivity index (χ3v) is 3.24. The lowest BCUT2D eigenvalue weighted by Gasteiger charge is -2.23. The quantitative estimate of drug-likeness (QED) is 0.770. The van der Waals surface area contributed by atoms with Crippen LogP contribution in [0.1, 0.15) is 32.8 Å². The topological polar surface area (TPSA) is 75.6 Å². The smallest absolute Gasteiger partial charge is 0.305 e. The first-order valence-electron chi connectivity index (χ1n) is 7.08. The first-order chi connectivity index (χ1) is 9.90. The minimum absolute atomic E-state index is 0.0476. The molecular weight excluding hydrogens is 270 g/mol. The number of benzene rings is 1. The number of nitrogens with one attached hydrogen (secondary N) is 1. The second-order valence-corrected chi connectivity index (χ2v) is 5.40. The van der Waals surface area contributed by atoms with Crippen molar-refractivity contribution in [2.75, 3.05) is 0 Å². The van der Waals surface area contributed by atoms with E-state index in [1.54, 1.807) is 6.92 Å². The molecule has 1 aromatic carbocycles. The van der Waals surface area contributed by atoms with Crippen LogP contribution in [0.25, 0.3) is 0 Å². The van der Waals surface area contributed by atoms with Gasteiger partial charge in [0.1, 0.15) is 6.10 Å². The third-order valence-electron chi connectivity index (χ3n) is 3.24. The number of hydrogen-bond donors (Lipinski definition) is 2. The molecule has 2 unspecified atom stereocenters. The van der Waals surface area contributed by atoms with Gasteiger partial charge in [-0.1, -0.05) is 44.2 Å². The summed E-state index contributed by atoms with van der Waals surface area (Å²) in [4.78, 5) is 22.8. The van der Waals surface area contributed by atoms with Gasteiger partial charge in [-0.3, -0.25) is 9.59 Å². The molecule has 0 bridgehead atoms. The Morgan fingerprint density at radius 2 is 1.81 bits per heavy atom. The number of carbonyl (C=O) groups is 2. The maximum Gasteiger partial charge on any atom is 0.305 e. The Bertz CT molecular complexity index is 459. The number of ether oxygens (including phenoxy) is 1. The molecule has 1 rings (SSSR count). The highest BCUT2D eigenvalue weighted by atomic mass is 16.5. The molecule has 116 valence electrons. The van der Waals surface area contributed by atoms with Crippen LogP contribution in [0, 0.1) is 5.92 Å². The van der Waals surface area contributed by atoms with Gasteiger partial charge in [0.05, 0.1) is 13.0 Å². The van der Waals surface area contributed by atoms with Crippen LogP contribution < -0.4 is 5.32 Å². The average Bonchev–Trinajstić information content (AvgIpc) is 2.44. The molecule has 0 aliphatic rings. The van der Waals surface area contributed by atoms with E-state index < -0.39 is 18.1 Å². The Morgan fingerprint density at radius 1 is 1.19 bits per heavy atom. The standard InChI is InChI=1S/C16H23NO4/c1-11(2)14(9-15(18)19)17-16(20)12(3)21-10-13-7-5-4-6-8-13/h4-8,11-12,14H,9-10H2,1-3H3,(H,17,20)(H,18,19). The van der Waals surface area contributed by atoms with Gasteiger partial charge in [-0.05, 0) is 18.4 Å². The fraction of sp³-hybridized carbons (Fsp3) is 0.500. The summed E-state index contributed by atoms with van der Waals surface area (Å²) < 4.78 is 5.52. The lowest BCUT2D eigenvalue weighted by atomic mass is 10.0. The highest BCUT2D eigenvalue weighted by Gasteiger charge is 2.22. The Kier molecular flexibility index (Phi) is 6.88. The van der Waals surface area contributed by atoms with Crippen LogP contribution >= 0.6 is 0 Å². The molecule has 0 aliphatic heterocycles. The molecule has 0 aromatic heterocycles. The summed E-state index contributed by atoms with van der Waals surface area (Å²) in [6.45, 7) is 5.77. The van der Waals surface area contributed by atoms with Crippen molar-refractivity contribution in [1.82, 2.24) is 5.32 Å². The van der Waals surface area contributed by atoms with Gasteiger partial charge < -0.3 is 15.2 Å². The van der Waals surface area contributed by atoms with E-state index in [4.69, 9.17) is 9.84 Å². The van der Waals surface area contributed by atoms with Crippen molar-refractivity contribution < 1.29 is 19.4 Å². The van der Waals surface area contributed by atoms with E-state index in [1.807, 2.05) is 44.2 Å². The molecule has 0 saturated heterocycles. The van der Waals surface area contributed by atoms with E-state index in [0.717, 1.165) is 5.56 Å².